The molecular formula is C23H21IN2O5. The van der Waals surface area contributed by atoms with Crippen molar-refractivity contribution in [2.75, 3.05) is 18.5 Å². The summed E-state index contributed by atoms with van der Waals surface area (Å²) in [7, 11) is 0. The second kappa shape index (κ2) is 10.3. The van der Waals surface area contributed by atoms with Crippen molar-refractivity contribution in [1.82, 2.24) is 0 Å². The number of aliphatic imine (C=N–C) groups is 1. The number of benzene rings is 2. The number of cyclic esters (lactones) is 1. The molecule has 31 heavy (non-hydrogen) atoms. The lowest BCUT2D eigenvalue weighted by Crippen LogP contribution is -2.07. The largest absolute Gasteiger partial charge is 0.490 e. The van der Waals surface area contributed by atoms with E-state index in [9.17, 15) is 9.59 Å². The van der Waals surface area contributed by atoms with Gasteiger partial charge in [-0.2, -0.15) is 0 Å². The van der Waals surface area contributed by atoms with E-state index in [4.69, 9.17) is 14.2 Å². The van der Waals surface area contributed by atoms with Gasteiger partial charge < -0.3 is 19.5 Å². The van der Waals surface area contributed by atoms with Crippen molar-refractivity contribution in [3.63, 3.8) is 0 Å². The molecule has 7 nitrogen and oxygen atoms in total. The number of halogens is 1. The lowest BCUT2D eigenvalue weighted by atomic mass is 10.1. The van der Waals surface area contributed by atoms with Crippen LogP contribution in [0.15, 0.2) is 59.7 Å². The quantitative estimate of drug-likeness (QED) is 0.233. The third-order valence-electron chi connectivity index (χ3n) is 4.05. The fourth-order valence-electron chi connectivity index (χ4n) is 2.81. The standard InChI is InChI=1S/C23H21IN2O5/c1-4-10-30-21-18(24)11-15(13-20(21)29-5-2)12-19-23(28)31-22(26-19)16-6-8-17(9-7-16)25-14(3)27/h4,6-9,11-13H,1,5,10H2,2-3H3,(H,25,27)/b19-12-. The van der Waals surface area contributed by atoms with Gasteiger partial charge in [-0.05, 0) is 77.6 Å². The van der Waals surface area contributed by atoms with Crippen LogP contribution in [-0.4, -0.2) is 31.0 Å². The van der Waals surface area contributed by atoms with Crippen molar-refractivity contribution in [3.8, 4) is 11.5 Å². The Kier molecular flexibility index (Phi) is 7.45. The molecule has 1 aliphatic heterocycles. The number of esters is 1. The van der Waals surface area contributed by atoms with E-state index in [1.54, 1.807) is 42.5 Å². The summed E-state index contributed by atoms with van der Waals surface area (Å²) in [4.78, 5) is 27.8. The van der Waals surface area contributed by atoms with Crippen molar-refractivity contribution in [2.45, 2.75) is 13.8 Å². The van der Waals surface area contributed by atoms with Crippen molar-refractivity contribution >= 4 is 52.1 Å². The lowest BCUT2D eigenvalue weighted by Gasteiger charge is -2.13. The van der Waals surface area contributed by atoms with Crippen molar-refractivity contribution < 1.29 is 23.8 Å². The second-order valence-electron chi connectivity index (χ2n) is 6.46. The Hall–Kier alpha value is -3.14. The van der Waals surface area contributed by atoms with Crippen LogP contribution >= 0.6 is 22.6 Å². The molecule has 0 aliphatic carbocycles. The minimum Gasteiger partial charge on any atom is -0.490 e. The van der Waals surface area contributed by atoms with Crippen LogP contribution in [-0.2, 0) is 14.3 Å². The number of anilines is 1. The third kappa shape index (κ3) is 5.72. The van der Waals surface area contributed by atoms with Gasteiger partial charge in [0.2, 0.25) is 11.8 Å². The fourth-order valence-corrected chi connectivity index (χ4v) is 3.59. The van der Waals surface area contributed by atoms with E-state index in [0.29, 0.717) is 36.0 Å². The molecule has 0 radical (unpaired) electrons. The predicted octanol–water partition coefficient (Wildman–Crippen LogP) is 4.56. The van der Waals surface area contributed by atoms with Gasteiger partial charge in [-0.3, -0.25) is 4.79 Å². The number of nitrogens with zero attached hydrogens (tertiary/aromatic N) is 1. The van der Waals surface area contributed by atoms with E-state index >= 15 is 0 Å². The average Bonchev–Trinajstić information content (AvgIpc) is 3.08. The van der Waals surface area contributed by atoms with Crippen LogP contribution < -0.4 is 14.8 Å². The van der Waals surface area contributed by atoms with E-state index in [1.807, 2.05) is 13.0 Å². The molecular weight excluding hydrogens is 511 g/mol. The number of ether oxygens (including phenoxy) is 3. The molecule has 2 aromatic carbocycles. The molecule has 8 heteroatoms. The van der Waals surface area contributed by atoms with E-state index < -0.39 is 5.97 Å². The first kappa shape index (κ1) is 22.5. The topological polar surface area (TPSA) is 86.2 Å². The molecule has 0 spiro atoms. The molecule has 0 fully saturated rings. The molecule has 0 saturated carbocycles. The van der Waals surface area contributed by atoms with Gasteiger partial charge in [0.1, 0.15) is 6.61 Å². The number of nitrogens with one attached hydrogen (secondary N) is 1. The van der Waals surface area contributed by atoms with Gasteiger partial charge in [0.15, 0.2) is 17.2 Å². The zero-order valence-electron chi connectivity index (χ0n) is 17.1. The number of carbonyl (C=O) groups excluding carboxylic acids is 2. The summed E-state index contributed by atoms with van der Waals surface area (Å²) in [5, 5.41) is 2.68. The summed E-state index contributed by atoms with van der Waals surface area (Å²) in [6, 6.07) is 10.5. The Morgan fingerprint density at radius 1 is 1.26 bits per heavy atom. The summed E-state index contributed by atoms with van der Waals surface area (Å²) in [6.07, 6.45) is 3.30. The molecule has 0 aromatic heterocycles. The van der Waals surface area contributed by atoms with Gasteiger partial charge in [-0.15, -0.1) is 0 Å². The fraction of sp³-hybridized carbons (Fsp3) is 0.174. The smallest absolute Gasteiger partial charge is 0.363 e. The van der Waals surface area contributed by atoms with Gasteiger partial charge >= 0.3 is 5.97 Å². The molecule has 0 bridgehead atoms. The van der Waals surface area contributed by atoms with Gasteiger partial charge in [0.05, 0.1) is 10.2 Å². The zero-order chi connectivity index (χ0) is 22.4. The molecule has 1 N–H and O–H groups in total. The van der Waals surface area contributed by atoms with Gasteiger partial charge in [0, 0.05) is 18.2 Å². The number of hydrogen-bond donors (Lipinski definition) is 1. The summed E-state index contributed by atoms with van der Waals surface area (Å²) >= 11 is 2.16. The molecule has 0 atom stereocenters. The monoisotopic (exact) mass is 532 g/mol. The Balaban J connectivity index is 1.89. The maximum absolute atomic E-state index is 12.3. The summed E-state index contributed by atoms with van der Waals surface area (Å²) in [5.74, 6) is 0.705. The zero-order valence-corrected chi connectivity index (χ0v) is 19.3. The molecule has 1 heterocycles. The van der Waals surface area contributed by atoms with Crippen LogP contribution in [0.3, 0.4) is 0 Å². The summed E-state index contributed by atoms with van der Waals surface area (Å²) in [5.41, 5.74) is 2.19. The number of hydrogen-bond acceptors (Lipinski definition) is 6. The van der Waals surface area contributed by atoms with Crippen LogP contribution in [0.5, 0.6) is 11.5 Å². The van der Waals surface area contributed by atoms with Crippen LogP contribution in [0.25, 0.3) is 6.08 Å². The third-order valence-corrected chi connectivity index (χ3v) is 4.85. The first-order chi connectivity index (χ1) is 14.9. The lowest BCUT2D eigenvalue weighted by molar-refractivity contribution is -0.129. The first-order valence-corrected chi connectivity index (χ1v) is 10.6. The Bertz CT molecular complexity index is 1070. The predicted molar refractivity (Wildman–Crippen MR) is 127 cm³/mol. The van der Waals surface area contributed by atoms with Crippen LogP contribution in [0.2, 0.25) is 0 Å². The van der Waals surface area contributed by atoms with Crippen molar-refractivity contribution in [2.24, 2.45) is 4.99 Å². The van der Waals surface area contributed by atoms with E-state index in [0.717, 1.165) is 9.13 Å². The van der Waals surface area contributed by atoms with Crippen molar-refractivity contribution in [3.05, 3.63) is 69.4 Å². The van der Waals surface area contributed by atoms with E-state index in [1.165, 1.54) is 6.92 Å². The number of amides is 1. The minimum atomic E-state index is -0.541. The molecule has 160 valence electrons. The van der Waals surface area contributed by atoms with E-state index in [2.05, 4.69) is 39.5 Å². The number of carbonyl (C=O) groups is 2. The highest BCUT2D eigenvalue weighted by Crippen LogP contribution is 2.35. The highest BCUT2D eigenvalue weighted by Gasteiger charge is 2.24. The van der Waals surface area contributed by atoms with Gasteiger partial charge in [0.25, 0.3) is 0 Å². The van der Waals surface area contributed by atoms with Crippen LogP contribution in [0.1, 0.15) is 25.0 Å². The highest BCUT2D eigenvalue weighted by molar-refractivity contribution is 14.1. The molecule has 2 aromatic rings. The van der Waals surface area contributed by atoms with Crippen LogP contribution in [0, 0.1) is 3.57 Å². The minimum absolute atomic E-state index is 0.162. The SMILES string of the molecule is C=CCOc1c(I)cc(/C=C2\N=C(c3ccc(NC(C)=O)cc3)OC2=O)cc1OCC. The molecule has 3 rings (SSSR count). The Morgan fingerprint density at radius 3 is 2.65 bits per heavy atom. The highest BCUT2D eigenvalue weighted by atomic mass is 127. The summed E-state index contributed by atoms with van der Waals surface area (Å²) in [6.45, 7) is 7.81. The Labute approximate surface area is 193 Å². The van der Waals surface area contributed by atoms with Gasteiger partial charge in [-0.25, -0.2) is 9.79 Å². The molecule has 1 aliphatic rings. The molecule has 0 unspecified atom stereocenters. The normalized spacial score (nSPS) is 14.1. The first-order valence-electron chi connectivity index (χ1n) is 9.52. The maximum atomic E-state index is 12.3. The average molecular weight is 532 g/mol. The summed E-state index contributed by atoms with van der Waals surface area (Å²) < 4.78 is 17.6. The number of rotatable bonds is 8. The molecule has 0 saturated heterocycles. The van der Waals surface area contributed by atoms with Crippen LogP contribution in [0.4, 0.5) is 5.69 Å². The molecule has 1 amide bonds. The van der Waals surface area contributed by atoms with Gasteiger partial charge in [-0.1, -0.05) is 12.7 Å². The maximum Gasteiger partial charge on any atom is 0.363 e. The van der Waals surface area contributed by atoms with Crippen molar-refractivity contribution in [1.29, 1.82) is 0 Å². The van der Waals surface area contributed by atoms with E-state index in [-0.39, 0.29) is 17.5 Å². The second-order valence-corrected chi connectivity index (χ2v) is 7.62. The Morgan fingerprint density at radius 2 is 2.00 bits per heavy atom.